The highest BCUT2D eigenvalue weighted by atomic mass is 32.4. The Morgan fingerprint density at radius 2 is 0.699 bits per heavy atom. The minimum Gasteiger partial charge on any atom is -0.481 e. The van der Waals surface area contributed by atoms with Crippen LogP contribution in [-0.4, -0.2) is 230 Å². The first kappa shape index (κ1) is 106. The van der Waals surface area contributed by atoms with Crippen molar-refractivity contribution in [2.45, 2.75) is 261 Å². The number of aliphatic carboxylic acids is 1. The molecule has 0 aromatic heterocycles. The van der Waals surface area contributed by atoms with Gasteiger partial charge < -0.3 is 78.8 Å². The number of carboxylic acid groups (broad SMARTS) is 1. The van der Waals surface area contributed by atoms with E-state index in [-0.39, 0.29) is 17.5 Å². The summed E-state index contributed by atoms with van der Waals surface area (Å²) in [6, 6.07) is 21.8. The molecule has 11 atom stereocenters. The van der Waals surface area contributed by atoms with Crippen molar-refractivity contribution in [3.05, 3.63) is 180 Å². The maximum atomic E-state index is 16.2. The third-order valence-electron chi connectivity index (χ3n) is 25.5. The maximum absolute atomic E-state index is 16.2. The van der Waals surface area contributed by atoms with Gasteiger partial charge in [0.1, 0.15) is 90.8 Å². The Hall–Kier alpha value is -12.4. The number of carboxylic acids is 1. The SMILES string of the molecule is CC(=O)N[C@@H](C)C(=O)N[C@@H](C)C(=O)NC(C)(C)C(=O)N[C@@H](C)C(=O)N(C(=O)OCC1c2ccccc2-c2ccccc21)[C@H](CP(=S)(c1ccccc1)c1ccccc1)C(=O)N[C@@H](CC(=O)O)C(=O)N[C@@H](C)C(=O)N[C@@H](C)C(=O)N(C(=O)OCC1c2ccccc2-c2ccccc21)[C@@H](CP(=S)(C1CCCCC1)C1CCCCC1)C(=O)N[C@@H](C)C(=O)N[C@@H](C)C(=O)NC(C)(C)C(=O)N[C@@H](C)C(N)=O. The lowest BCUT2D eigenvalue weighted by Crippen LogP contribution is -2.64. The number of hydrogen-bond donors (Lipinski definition) is 13. The Morgan fingerprint density at radius 3 is 1.07 bits per heavy atom. The first-order valence-corrected chi connectivity index (χ1v) is 51.9. The van der Waals surface area contributed by atoms with Crippen LogP contribution in [0.4, 0.5) is 9.59 Å². The summed E-state index contributed by atoms with van der Waals surface area (Å²) in [5.41, 5.74) is 7.94. The van der Waals surface area contributed by atoms with Crippen molar-refractivity contribution in [2.24, 2.45) is 5.73 Å². The molecule has 728 valence electrons. The predicted octanol–water partition coefficient (Wildman–Crippen LogP) is 6.85. The van der Waals surface area contributed by atoms with E-state index in [9.17, 15) is 48.3 Å². The smallest absolute Gasteiger partial charge is 0.417 e. The third kappa shape index (κ3) is 25.8. The first-order valence-electron chi connectivity index (χ1n) is 45.8. The second kappa shape index (κ2) is 46.4. The molecule has 0 saturated heterocycles. The van der Waals surface area contributed by atoms with Gasteiger partial charge in [-0.3, -0.25) is 71.9 Å². The van der Waals surface area contributed by atoms with Crippen molar-refractivity contribution in [2.75, 3.05) is 25.5 Å². The molecular weight excluding hydrogens is 1820 g/mol. The van der Waals surface area contributed by atoms with Crippen molar-refractivity contribution < 1.29 is 96.1 Å². The number of amides is 16. The molecular formula is C98H124N14O20P2S2. The molecule has 0 radical (unpaired) electrons. The summed E-state index contributed by atoms with van der Waals surface area (Å²) in [5.74, 6) is -17.0. The molecule has 4 aliphatic carbocycles. The monoisotopic (exact) mass is 1940 g/mol. The van der Waals surface area contributed by atoms with E-state index >= 15 is 38.4 Å². The van der Waals surface area contributed by atoms with Crippen LogP contribution in [0.15, 0.2) is 158 Å². The number of carbonyl (C=O) groups excluding carboxylic acids is 16. The minimum atomic E-state index is -3.61. The molecule has 6 aromatic carbocycles. The summed E-state index contributed by atoms with van der Waals surface area (Å²) in [4.78, 5) is 247. The highest BCUT2D eigenvalue weighted by Gasteiger charge is 2.50. The molecule has 2 saturated carbocycles. The minimum absolute atomic E-state index is 0.122. The summed E-state index contributed by atoms with van der Waals surface area (Å²) in [6.45, 7) is 15.8. The number of ether oxygens (including phenoxy) is 2. The summed E-state index contributed by atoms with van der Waals surface area (Å²) in [6.07, 6.45) is 2.87. The van der Waals surface area contributed by atoms with Gasteiger partial charge in [-0.25, -0.2) is 19.4 Å². The Balaban J connectivity index is 0.986. The molecule has 0 spiro atoms. The number of benzene rings is 6. The van der Waals surface area contributed by atoms with Gasteiger partial charge in [-0.15, -0.1) is 0 Å². The summed E-state index contributed by atoms with van der Waals surface area (Å²) < 4.78 is 12.6. The van der Waals surface area contributed by atoms with E-state index in [0.29, 0.717) is 46.1 Å². The predicted molar refractivity (Wildman–Crippen MR) is 520 cm³/mol. The van der Waals surface area contributed by atoms with Crippen LogP contribution in [0.5, 0.6) is 0 Å². The van der Waals surface area contributed by atoms with E-state index in [0.717, 1.165) is 90.0 Å². The molecule has 2 fully saturated rings. The van der Waals surface area contributed by atoms with Crippen LogP contribution in [0, 0.1) is 0 Å². The fourth-order valence-electron chi connectivity index (χ4n) is 17.7. The standard InChI is InChI=1S/C98H124N14O20P2S2/c1-55(82(99)116)106-93(127)97(10,11)109-87(121)60(6)102-84(118)58(4)104-89(123)79(53-133(135,64-34-18-14-19-35-64)65-36-20-15-21-37-65)111(95(129)131-51-76-72-46-30-26-42-68(72)69-43-27-31-47-73(69)76)91(125)61(7)105-85(119)57(3)103-88(122)78(50-81(114)115)108-90(124)80(54-134(136,66-38-22-16-23-39-66)67-40-24-17-25-41-67)112(96(130)132-52-77-74-48-32-28-44-70(74)71-45-29-33-49-75(71)77)92(126)62(8)107-94(128)98(12,13)110-86(120)59(5)101-83(117)56(2)100-63(9)113/h16-17,22-33,38-49,55-62,64-65,76-80H,14-15,18-21,34-37,50-54H2,1-13H3,(H2,99,116)(H,100,113)(H,101,117)(H,102,118)(H,103,122)(H,104,123)(H,105,119)(H,106,127)(H,107,128)(H,108,124)(H,109,121)(H,110,120)(H,114,115)/t55-,56-,57-,58-,59-,60-,61-,62-,78-,79-,80+/m0/s1. The number of carbonyl (C=O) groups is 17. The molecule has 16 amide bonds. The van der Waals surface area contributed by atoms with Gasteiger partial charge in [0.05, 0.1) is 6.42 Å². The van der Waals surface area contributed by atoms with Gasteiger partial charge >= 0.3 is 18.2 Å². The van der Waals surface area contributed by atoms with Crippen LogP contribution in [0.1, 0.15) is 195 Å². The van der Waals surface area contributed by atoms with Gasteiger partial charge in [0.15, 0.2) is 0 Å². The molecule has 0 aliphatic heterocycles. The molecule has 4 aliphatic rings. The molecule has 38 heteroatoms. The van der Waals surface area contributed by atoms with Crippen LogP contribution < -0.4 is 74.8 Å². The lowest BCUT2D eigenvalue weighted by Gasteiger charge is -2.44. The van der Waals surface area contributed by atoms with E-state index in [4.69, 9.17) is 38.8 Å². The molecule has 10 rings (SSSR count). The molecule has 0 unspecified atom stereocenters. The molecule has 0 heterocycles. The maximum Gasteiger partial charge on any atom is 0.417 e. The molecule has 14 N–H and O–H groups in total. The van der Waals surface area contributed by atoms with Crippen molar-refractivity contribution in [3.63, 3.8) is 0 Å². The first-order chi connectivity index (χ1) is 64.3. The van der Waals surface area contributed by atoms with E-state index in [1.165, 1.54) is 83.1 Å². The normalized spacial score (nSPS) is 16.3. The summed E-state index contributed by atoms with van der Waals surface area (Å²) in [7, 11) is 0. The van der Waals surface area contributed by atoms with Gasteiger partial charge in [-0.1, -0.05) is 220 Å². The Bertz CT molecular complexity index is 5460. The van der Waals surface area contributed by atoms with Crippen LogP contribution in [0.25, 0.3) is 22.3 Å². The van der Waals surface area contributed by atoms with E-state index < -0.39 is 228 Å². The lowest BCUT2D eigenvalue weighted by atomic mass is 9.98. The number of nitrogens with one attached hydrogen (secondary N) is 11. The van der Waals surface area contributed by atoms with Crippen molar-refractivity contribution in [1.29, 1.82) is 0 Å². The average molecular weight is 1940 g/mol. The van der Waals surface area contributed by atoms with Crippen LogP contribution in [0.3, 0.4) is 0 Å². The van der Waals surface area contributed by atoms with Gasteiger partial charge in [0.25, 0.3) is 11.8 Å². The molecule has 34 nitrogen and oxygen atoms in total. The number of nitrogens with two attached hydrogens (primary N) is 1. The second-order valence-corrected chi connectivity index (χ2v) is 46.8. The average Bonchev–Trinajstić information content (AvgIpc) is 1.37. The highest BCUT2D eigenvalue weighted by molar-refractivity contribution is 8.22. The van der Waals surface area contributed by atoms with Crippen molar-refractivity contribution in [1.82, 2.24) is 68.3 Å². The van der Waals surface area contributed by atoms with E-state index in [2.05, 4.69) is 58.5 Å². The fourth-order valence-corrected chi connectivity index (χ4v) is 27.9. The van der Waals surface area contributed by atoms with E-state index in [1.807, 2.05) is 84.9 Å². The van der Waals surface area contributed by atoms with Crippen LogP contribution >= 0.6 is 12.1 Å². The summed E-state index contributed by atoms with van der Waals surface area (Å²) in [5, 5.41) is 39.3. The molecule has 0 bridgehead atoms. The van der Waals surface area contributed by atoms with Crippen LogP contribution in [-0.2, 0) is 105 Å². The number of imide groups is 2. The topological polar surface area (TPSA) is 494 Å². The number of nitrogens with zero attached hydrogens (tertiary/aromatic N) is 2. The lowest BCUT2D eigenvalue weighted by molar-refractivity contribution is -0.144. The number of fused-ring (bicyclic) bond motifs is 6. The van der Waals surface area contributed by atoms with Gasteiger partial charge in [0, 0.05) is 37.1 Å². The number of rotatable bonds is 40. The van der Waals surface area contributed by atoms with Gasteiger partial charge in [0.2, 0.25) is 70.9 Å². The number of hydrogen-bond acceptors (Lipinski definition) is 21. The zero-order valence-electron chi connectivity index (χ0n) is 78.7. The van der Waals surface area contributed by atoms with Crippen molar-refractivity contribution in [3.8, 4) is 22.3 Å². The van der Waals surface area contributed by atoms with Gasteiger partial charge in [-0.05, 0) is 181 Å². The van der Waals surface area contributed by atoms with Crippen molar-refractivity contribution >= 4 is 147 Å². The Morgan fingerprint density at radius 1 is 0.390 bits per heavy atom. The summed E-state index contributed by atoms with van der Waals surface area (Å²) >= 11 is 13.8. The highest BCUT2D eigenvalue weighted by Crippen LogP contribution is 2.64. The quantitative estimate of drug-likeness (QED) is 0.0175. The Kier molecular flexibility index (Phi) is 36.1. The zero-order valence-corrected chi connectivity index (χ0v) is 82.1. The Labute approximate surface area is 801 Å². The fraction of sp³-hybridized carbons (Fsp3) is 0.459. The van der Waals surface area contributed by atoms with Crippen LogP contribution in [0.2, 0.25) is 0 Å². The third-order valence-corrected chi connectivity index (χ3v) is 36.9. The largest absolute Gasteiger partial charge is 0.481 e. The second-order valence-electron chi connectivity index (χ2n) is 36.5. The molecule has 136 heavy (non-hydrogen) atoms. The van der Waals surface area contributed by atoms with Gasteiger partial charge in [-0.2, -0.15) is 0 Å². The number of primary amides is 1. The zero-order chi connectivity index (χ0) is 99.6. The molecule has 6 aromatic rings. The van der Waals surface area contributed by atoms with E-state index in [1.54, 1.807) is 72.8 Å².